The zero-order valence-corrected chi connectivity index (χ0v) is 25.9. The van der Waals surface area contributed by atoms with Crippen molar-refractivity contribution in [3.63, 3.8) is 0 Å². The van der Waals surface area contributed by atoms with E-state index < -0.39 is 20.0 Å². The number of aryl methyl sites for hydroxylation is 2. The number of aromatic nitrogens is 4. The topological polar surface area (TPSA) is 209 Å². The number of thioether (sulfide) groups is 2. The van der Waals surface area contributed by atoms with Gasteiger partial charge in [-0.1, -0.05) is 0 Å². The van der Waals surface area contributed by atoms with E-state index in [2.05, 4.69) is 28.7 Å². The summed E-state index contributed by atoms with van der Waals surface area (Å²) >= 11 is 3.29. The molecule has 0 fully saturated rings. The monoisotopic (exact) mass is 622 g/mol. The van der Waals surface area contributed by atoms with E-state index in [1.165, 1.54) is 0 Å². The maximum atomic E-state index is 11.7. The molecule has 0 aliphatic carbocycles. The molecule has 0 spiro atoms. The van der Waals surface area contributed by atoms with Crippen LogP contribution in [0.15, 0.2) is 21.5 Å². The average Bonchev–Trinajstić information content (AvgIpc) is 3.41. The highest BCUT2D eigenvalue weighted by molar-refractivity contribution is 7.98. The van der Waals surface area contributed by atoms with Crippen molar-refractivity contribution in [3.8, 4) is 0 Å². The fraction of sp³-hybridized carbons (Fsp3) is 0.619. The van der Waals surface area contributed by atoms with Gasteiger partial charge in [0, 0.05) is 60.6 Å². The second-order valence-corrected chi connectivity index (χ2v) is 14.3. The number of H-pyrrole nitrogens is 2. The highest BCUT2D eigenvalue weighted by Gasteiger charge is 2.15. The van der Waals surface area contributed by atoms with Gasteiger partial charge >= 0.3 is 0 Å². The molecule has 0 aliphatic heterocycles. The number of rotatable bonds is 16. The Bertz CT molecular complexity index is 1220. The predicted molar refractivity (Wildman–Crippen MR) is 160 cm³/mol. The lowest BCUT2D eigenvalue weighted by Crippen LogP contribution is -2.43. The molecule has 0 unspecified atom stereocenters. The number of sulfonamides is 2. The third-order valence-electron chi connectivity index (χ3n) is 5.38. The highest BCUT2D eigenvalue weighted by Crippen LogP contribution is 2.14. The molecule has 0 bridgehead atoms. The minimum atomic E-state index is -3.68. The van der Waals surface area contributed by atoms with E-state index in [-0.39, 0.29) is 11.9 Å². The first-order valence-corrected chi connectivity index (χ1v) is 18.0. The van der Waals surface area contributed by atoms with E-state index in [1.807, 2.05) is 13.8 Å². The average molecular weight is 623 g/mol. The number of nitrogens with one attached hydrogen (secondary N) is 2. The molecule has 2 rings (SSSR count). The summed E-state index contributed by atoms with van der Waals surface area (Å²) in [7, 11) is -7.36. The quantitative estimate of drug-likeness (QED) is 0.114. The third-order valence-corrected chi connectivity index (χ3v) is 8.32. The molecule has 2 aromatic rings. The van der Waals surface area contributed by atoms with Gasteiger partial charge in [0.2, 0.25) is 11.9 Å². The first-order chi connectivity index (χ1) is 18.2. The smallest absolute Gasteiger partial charge is 0.253 e. The van der Waals surface area contributed by atoms with Gasteiger partial charge in [0.1, 0.15) is 0 Å². The van der Waals surface area contributed by atoms with Gasteiger partial charge in [0.25, 0.3) is 20.0 Å². The fourth-order valence-corrected chi connectivity index (χ4v) is 6.21. The molecule has 220 valence electrons. The molecule has 0 saturated carbocycles. The van der Waals surface area contributed by atoms with Crippen molar-refractivity contribution < 1.29 is 16.8 Å². The van der Waals surface area contributed by atoms with Crippen molar-refractivity contribution in [2.75, 3.05) is 50.2 Å². The number of hydrogen-bond donors (Lipinski definition) is 4. The van der Waals surface area contributed by atoms with E-state index in [1.54, 1.807) is 46.0 Å². The predicted octanol–water partition coefficient (Wildman–Crippen LogP) is 0.459. The Kier molecular flexibility index (Phi) is 12.9. The zero-order chi connectivity index (χ0) is 29.1. The first-order valence-electron chi connectivity index (χ1n) is 12.0. The van der Waals surface area contributed by atoms with Crippen LogP contribution in [0.25, 0.3) is 0 Å². The third kappa shape index (κ3) is 13.0. The highest BCUT2D eigenvalue weighted by atomic mass is 32.2. The minimum absolute atomic E-state index is 0.0942. The number of hydrogen-bond acceptors (Lipinski definition) is 8. The molecule has 2 heterocycles. The summed E-state index contributed by atoms with van der Waals surface area (Å²) in [5.41, 5.74) is 16.0. The van der Waals surface area contributed by atoms with Crippen molar-refractivity contribution in [2.24, 2.45) is 20.3 Å². The molecule has 0 aromatic carbocycles. The second-order valence-electron chi connectivity index (χ2n) is 8.75. The van der Waals surface area contributed by atoms with Crippen molar-refractivity contribution in [1.82, 2.24) is 29.7 Å². The molecular weight excluding hydrogens is 585 g/mol. The summed E-state index contributed by atoms with van der Waals surface area (Å²) < 4.78 is 54.1. The van der Waals surface area contributed by atoms with Crippen LogP contribution < -0.4 is 11.5 Å². The summed E-state index contributed by atoms with van der Waals surface area (Å²) in [4.78, 5) is 18.0. The molecule has 39 heavy (non-hydrogen) atoms. The maximum Gasteiger partial charge on any atom is 0.253 e. The van der Waals surface area contributed by atoms with Crippen molar-refractivity contribution >= 4 is 55.5 Å². The summed E-state index contributed by atoms with van der Waals surface area (Å²) in [6.07, 6.45) is 5.77. The van der Waals surface area contributed by atoms with E-state index in [0.29, 0.717) is 55.6 Å². The van der Waals surface area contributed by atoms with E-state index in [9.17, 15) is 16.8 Å². The minimum Gasteiger partial charge on any atom is -0.369 e. The van der Waals surface area contributed by atoms with E-state index in [4.69, 9.17) is 11.5 Å². The summed E-state index contributed by atoms with van der Waals surface area (Å²) in [6.45, 7) is 5.60. The van der Waals surface area contributed by atoms with Gasteiger partial charge in [0.15, 0.2) is 0 Å². The molecule has 0 aliphatic rings. The van der Waals surface area contributed by atoms with E-state index in [0.717, 1.165) is 35.3 Å². The molecule has 0 saturated heterocycles. The summed E-state index contributed by atoms with van der Waals surface area (Å²) in [6, 6.07) is 0. The van der Waals surface area contributed by atoms with Gasteiger partial charge in [-0.25, -0.2) is 26.8 Å². The number of imidazole rings is 2. The molecule has 6 N–H and O–H groups in total. The molecule has 0 amide bonds. The Balaban J connectivity index is 1.99. The van der Waals surface area contributed by atoms with Gasteiger partial charge in [-0.2, -0.15) is 23.5 Å². The number of guanidine groups is 2. The van der Waals surface area contributed by atoms with Crippen molar-refractivity contribution in [1.29, 1.82) is 0 Å². The van der Waals surface area contributed by atoms with Crippen LogP contribution in [0.4, 0.5) is 0 Å². The Morgan fingerprint density at radius 3 is 1.49 bits per heavy atom. The number of nitrogens with two attached hydrogens (primary N) is 2. The second kappa shape index (κ2) is 15.4. The maximum absolute atomic E-state index is 11.7. The SMILES string of the molecule is Cc1[nH]cnc1CSCCN(CCCN(CCSCc1nc[nH]c1C)C(N)=NS(C)(=O)=O)C(N)=NS(C)(=O)=O. The molecular formula is C21H38N10O4S4. The lowest BCUT2D eigenvalue weighted by molar-refractivity contribution is 0.371. The fourth-order valence-electron chi connectivity index (χ4n) is 3.34. The summed E-state index contributed by atoms with van der Waals surface area (Å²) in [5.74, 6) is 2.54. The normalized spacial score (nSPS) is 13.1. The Morgan fingerprint density at radius 2 is 1.18 bits per heavy atom. The van der Waals surface area contributed by atoms with Crippen LogP contribution in [-0.2, 0) is 31.6 Å². The van der Waals surface area contributed by atoms with Crippen LogP contribution in [0.5, 0.6) is 0 Å². The lowest BCUT2D eigenvalue weighted by Gasteiger charge is -2.27. The summed E-state index contributed by atoms with van der Waals surface area (Å²) in [5, 5.41) is 0. The van der Waals surface area contributed by atoms with Crippen LogP contribution >= 0.6 is 23.5 Å². The zero-order valence-electron chi connectivity index (χ0n) is 22.6. The molecule has 0 atom stereocenters. The van der Waals surface area contributed by atoms with Crippen LogP contribution in [-0.4, -0.2) is 109 Å². The Hall–Kier alpha value is -2.44. The van der Waals surface area contributed by atoms with Gasteiger partial charge in [0.05, 0.1) is 36.6 Å². The van der Waals surface area contributed by atoms with Crippen LogP contribution in [0, 0.1) is 13.8 Å². The van der Waals surface area contributed by atoms with Gasteiger partial charge in [-0.05, 0) is 20.3 Å². The van der Waals surface area contributed by atoms with E-state index >= 15 is 0 Å². The number of aromatic amines is 2. The standard InChI is InChI=1S/C21H38N10O4S4/c1-16-18(26-14-24-16)12-36-10-8-30(20(22)28-38(3,32)33)6-5-7-31(21(23)29-39(4,34)35)9-11-37-13-19-17(2)25-15-27-19/h14-15H,5-13H2,1-4H3,(H2,22,28)(H2,23,29)(H,24,26)(H,25,27). The van der Waals surface area contributed by atoms with Crippen LogP contribution in [0.3, 0.4) is 0 Å². The molecule has 18 heteroatoms. The number of nitrogens with zero attached hydrogens (tertiary/aromatic N) is 6. The van der Waals surface area contributed by atoms with Gasteiger partial charge < -0.3 is 31.2 Å². The van der Waals surface area contributed by atoms with Crippen molar-refractivity contribution in [2.45, 2.75) is 31.8 Å². The molecule has 14 nitrogen and oxygen atoms in total. The lowest BCUT2D eigenvalue weighted by atomic mass is 10.3. The van der Waals surface area contributed by atoms with Gasteiger partial charge in [-0.15, -0.1) is 8.80 Å². The largest absolute Gasteiger partial charge is 0.369 e. The van der Waals surface area contributed by atoms with Crippen LogP contribution in [0.1, 0.15) is 29.2 Å². The Labute approximate surface area is 239 Å². The van der Waals surface area contributed by atoms with Gasteiger partial charge in [-0.3, -0.25) is 0 Å². The molecule has 2 aromatic heterocycles. The first kappa shape index (κ1) is 32.8. The Morgan fingerprint density at radius 1 is 0.795 bits per heavy atom. The van der Waals surface area contributed by atoms with Crippen molar-refractivity contribution in [3.05, 3.63) is 35.4 Å². The van der Waals surface area contributed by atoms with Crippen LogP contribution in [0.2, 0.25) is 0 Å². The molecule has 0 radical (unpaired) electrons.